The molecular formula is C6H11NO5S. The van der Waals surface area contributed by atoms with Crippen LogP contribution in [0.4, 0.5) is 0 Å². The monoisotopic (exact) mass is 209 g/mol. The van der Waals surface area contributed by atoms with E-state index in [1.54, 1.807) is 0 Å². The summed E-state index contributed by atoms with van der Waals surface area (Å²) in [5, 5.41) is 10.1. The molecule has 0 radical (unpaired) electrons. The van der Waals surface area contributed by atoms with Crippen LogP contribution in [-0.2, 0) is 19.4 Å². The molecule has 13 heavy (non-hydrogen) atoms. The molecule has 0 aromatic heterocycles. The number of rotatable bonds is 4. The third-order valence-corrected chi connectivity index (χ3v) is 3.04. The van der Waals surface area contributed by atoms with Gasteiger partial charge in [-0.05, 0) is 0 Å². The molecule has 1 amide bonds. The summed E-state index contributed by atoms with van der Waals surface area (Å²) >= 11 is 0. The largest absolute Gasteiger partial charge is 0.474 e. The zero-order valence-corrected chi connectivity index (χ0v) is 7.93. The average molecular weight is 209 g/mol. The van der Waals surface area contributed by atoms with Crippen LogP contribution in [0.3, 0.4) is 0 Å². The first-order valence-corrected chi connectivity index (χ1v) is 5.42. The number of carboxylic acids is 1. The molecule has 0 aliphatic heterocycles. The number of aliphatic carboxylic acids is 1. The number of carboxylic acid groups (broad SMARTS) is 1. The van der Waals surface area contributed by atoms with Crippen molar-refractivity contribution in [1.29, 1.82) is 0 Å². The molecule has 0 unspecified atom stereocenters. The predicted octanol–water partition coefficient (Wildman–Crippen LogP) is -1.38. The van der Waals surface area contributed by atoms with Crippen LogP contribution in [0.15, 0.2) is 0 Å². The number of hydrogen-bond acceptors (Lipinski definition) is 4. The summed E-state index contributed by atoms with van der Waals surface area (Å²) < 4.78 is 21.7. The van der Waals surface area contributed by atoms with Crippen LogP contribution in [0.1, 0.15) is 6.92 Å². The SMILES string of the molecule is CCS(=O)(=O)CCNC(=O)C(=O)O. The summed E-state index contributed by atoms with van der Waals surface area (Å²) in [6.07, 6.45) is 0. The standard InChI is InChI=1S/C6H11NO5S/c1-2-13(11,12)4-3-7-5(8)6(9)10/h2-4H2,1H3,(H,7,8)(H,9,10). The van der Waals surface area contributed by atoms with Crippen molar-refractivity contribution >= 4 is 21.7 Å². The molecule has 0 spiro atoms. The van der Waals surface area contributed by atoms with Crippen LogP contribution in [0.5, 0.6) is 0 Å². The second-order valence-corrected chi connectivity index (χ2v) is 4.77. The van der Waals surface area contributed by atoms with E-state index in [1.807, 2.05) is 5.32 Å². The Morgan fingerprint density at radius 2 is 1.92 bits per heavy atom. The fourth-order valence-corrected chi connectivity index (χ4v) is 1.24. The quantitative estimate of drug-likeness (QED) is 0.556. The molecule has 0 aromatic carbocycles. The van der Waals surface area contributed by atoms with Crippen LogP contribution in [0.25, 0.3) is 0 Å². The summed E-state index contributed by atoms with van der Waals surface area (Å²) in [6, 6.07) is 0. The minimum atomic E-state index is -3.15. The van der Waals surface area contributed by atoms with Gasteiger partial charge in [0.25, 0.3) is 0 Å². The smallest absolute Gasteiger partial charge is 0.394 e. The molecule has 0 aliphatic carbocycles. The van der Waals surface area contributed by atoms with Crippen molar-refractivity contribution in [3.05, 3.63) is 0 Å². The molecule has 2 N–H and O–H groups in total. The number of carbonyl (C=O) groups is 2. The molecule has 76 valence electrons. The second kappa shape index (κ2) is 4.80. The van der Waals surface area contributed by atoms with Gasteiger partial charge in [-0.2, -0.15) is 0 Å². The average Bonchev–Trinajstić information content (AvgIpc) is 2.04. The van der Waals surface area contributed by atoms with E-state index in [-0.39, 0.29) is 18.1 Å². The summed E-state index contributed by atoms with van der Waals surface area (Å²) in [5.74, 6) is -3.06. The highest BCUT2D eigenvalue weighted by molar-refractivity contribution is 7.91. The number of hydrogen-bond donors (Lipinski definition) is 2. The Hall–Kier alpha value is -1.11. The van der Waals surface area contributed by atoms with Gasteiger partial charge in [0, 0.05) is 12.3 Å². The summed E-state index contributed by atoms with van der Waals surface area (Å²) in [5.41, 5.74) is 0. The molecule has 0 fully saturated rings. The summed E-state index contributed by atoms with van der Waals surface area (Å²) in [7, 11) is -3.15. The molecular weight excluding hydrogens is 198 g/mol. The Balaban J connectivity index is 3.82. The highest BCUT2D eigenvalue weighted by Crippen LogP contribution is 1.86. The zero-order chi connectivity index (χ0) is 10.5. The first kappa shape index (κ1) is 11.9. The van der Waals surface area contributed by atoms with Gasteiger partial charge in [0.15, 0.2) is 9.84 Å². The van der Waals surface area contributed by atoms with Crippen LogP contribution in [-0.4, -0.2) is 43.5 Å². The number of amides is 1. The summed E-state index contributed by atoms with van der Waals surface area (Å²) in [4.78, 5) is 20.4. The Morgan fingerprint density at radius 3 is 2.31 bits per heavy atom. The van der Waals surface area contributed by atoms with Gasteiger partial charge in [0.1, 0.15) is 0 Å². The van der Waals surface area contributed by atoms with Crippen LogP contribution >= 0.6 is 0 Å². The van der Waals surface area contributed by atoms with Gasteiger partial charge in [-0.1, -0.05) is 6.92 Å². The number of carbonyl (C=O) groups excluding carboxylic acids is 1. The van der Waals surface area contributed by atoms with E-state index in [2.05, 4.69) is 0 Å². The lowest BCUT2D eigenvalue weighted by Gasteiger charge is -2.01. The van der Waals surface area contributed by atoms with Crippen molar-refractivity contribution < 1.29 is 23.1 Å². The van der Waals surface area contributed by atoms with Gasteiger partial charge in [-0.3, -0.25) is 4.79 Å². The number of sulfone groups is 1. The van der Waals surface area contributed by atoms with E-state index < -0.39 is 21.7 Å². The van der Waals surface area contributed by atoms with Crippen molar-refractivity contribution in [3.63, 3.8) is 0 Å². The Bertz CT molecular complexity index is 294. The van der Waals surface area contributed by atoms with Crippen molar-refractivity contribution in [2.24, 2.45) is 0 Å². The van der Waals surface area contributed by atoms with E-state index in [0.717, 1.165) is 0 Å². The van der Waals surface area contributed by atoms with Gasteiger partial charge in [0.2, 0.25) is 0 Å². The first-order valence-electron chi connectivity index (χ1n) is 3.60. The fraction of sp³-hybridized carbons (Fsp3) is 0.667. The van der Waals surface area contributed by atoms with Crippen molar-refractivity contribution in [3.8, 4) is 0 Å². The minimum absolute atomic E-state index is 0.0179. The molecule has 0 aromatic rings. The fourth-order valence-electron chi connectivity index (χ4n) is 0.540. The number of nitrogens with one attached hydrogen (secondary N) is 1. The maximum atomic E-state index is 10.9. The van der Waals surface area contributed by atoms with Gasteiger partial charge in [-0.25, -0.2) is 13.2 Å². The first-order chi connectivity index (χ1) is 5.89. The van der Waals surface area contributed by atoms with Crippen molar-refractivity contribution in [2.75, 3.05) is 18.1 Å². The molecule has 0 bridgehead atoms. The molecule has 6 nitrogen and oxygen atoms in total. The van der Waals surface area contributed by atoms with Crippen LogP contribution < -0.4 is 5.32 Å². The van der Waals surface area contributed by atoms with E-state index in [4.69, 9.17) is 5.11 Å². The Kier molecular flexibility index (Phi) is 4.39. The van der Waals surface area contributed by atoms with Crippen molar-refractivity contribution in [2.45, 2.75) is 6.92 Å². The normalized spacial score (nSPS) is 10.8. The molecule has 0 saturated carbocycles. The molecule has 0 saturated heterocycles. The van der Waals surface area contributed by atoms with E-state index >= 15 is 0 Å². The highest BCUT2D eigenvalue weighted by atomic mass is 32.2. The lowest BCUT2D eigenvalue weighted by atomic mass is 10.6. The predicted molar refractivity (Wildman–Crippen MR) is 45.0 cm³/mol. The highest BCUT2D eigenvalue weighted by Gasteiger charge is 2.12. The van der Waals surface area contributed by atoms with Crippen LogP contribution in [0.2, 0.25) is 0 Å². The Morgan fingerprint density at radius 1 is 1.38 bits per heavy atom. The van der Waals surface area contributed by atoms with Gasteiger partial charge in [0.05, 0.1) is 5.75 Å². The van der Waals surface area contributed by atoms with Gasteiger partial charge >= 0.3 is 11.9 Å². The maximum absolute atomic E-state index is 10.9. The van der Waals surface area contributed by atoms with Gasteiger partial charge < -0.3 is 10.4 Å². The van der Waals surface area contributed by atoms with E-state index in [1.165, 1.54) is 6.92 Å². The third-order valence-electron chi connectivity index (χ3n) is 1.33. The Labute approximate surface area is 75.9 Å². The van der Waals surface area contributed by atoms with E-state index in [9.17, 15) is 18.0 Å². The van der Waals surface area contributed by atoms with Crippen molar-refractivity contribution in [1.82, 2.24) is 5.32 Å². The third kappa shape index (κ3) is 5.18. The lowest BCUT2D eigenvalue weighted by molar-refractivity contribution is -0.150. The topological polar surface area (TPSA) is 101 Å². The molecule has 0 heterocycles. The van der Waals surface area contributed by atoms with Gasteiger partial charge in [-0.15, -0.1) is 0 Å². The lowest BCUT2D eigenvalue weighted by Crippen LogP contribution is -2.34. The zero-order valence-electron chi connectivity index (χ0n) is 7.11. The minimum Gasteiger partial charge on any atom is -0.474 e. The molecule has 0 aliphatic rings. The molecule has 7 heteroatoms. The maximum Gasteiger partial charge on any atom is 0.394 e. The van der Waals surface area contributed by atoms with E-state index in [0.29, 0.717) is 0 Å². The molecule has 0 atom stereocenters. The summed E-state index contributed by atoms with van der Waals surface area (Å²) in [6.45, 7) is 1.32. The molecule has 0 rings (SSSR count). The second-order valence-electron chi connectivity index (χ2n) is 2.30. The van der Waals surface area contributed by atoms with Crippen LogP contribution in [0, 0.1) is 0 Å².